The number of esters is 1. The third kappa shape index (κ3) is 4.89. The number of hydrogen-bond acceptors (Lipinski definition) is 2. The zero-order valence-electron chi connectivity index (χ0n) is 10.9. The maximum atomic E-state index is 12.5. The molecule has 0 aromatic heterocycles. The minimum absolute atomic E-state index is 0.0162. The molecule has 1 aromatic carbocycles. The zero-order valence-corrected chi connectivity index (χ0v) is 13.1. The molecule has 1 aromatic rings. The number of benzene rings is 1. The molecule has 1 unspecified atom stereocenters. The summed E-state index contributed by atoms with van der Waals surface area (Å²) in [5.74, 6) is -2.57. The summed E-state index contributed by atoms with van der Waals surface area (Å²) in [6.07, 6.45) is -10.3. The molecule has 0 heterocycles. The fraction of sp³-hybridized carbons (Fsp3) is 0.308. The highest BCUT2D eigenvalue weighted by molar-refractivity contribution is 14.1. The number of allylic oxidation sites excluding steroid dienone is 1. The lowest BCUT2D eigenvalue weighted by molar-refractivity contribution is -0.210. The van der Waals surface area contributed by atoms with Crippen LogP contribution in [0, 0.1) is 0 Å². The number of halogens is 7. The molecular formula is C13H9F6IO2. The number of ether oxygens (including phenoxy) is 1. The SMILES string of the molecule is CC(OC(=O)C(F)(F)F)(/C(I)=C/C(F)(F)F)c1ccccc1. The summed E-state index contributed by atoms with van der Waals surface area (Å²) in [6, 6.07) is 6.88. The maximum Gasteiger partial charge on any atom is 0.490 e. The highest BCUT2D eigenvalue weighted by Gasteiger charge is 2.47. The topological polar surface area (TPSA) is 26.3 Å². The standard InChI is InChI=1S/C13H9F6IO2/c1-11(8-5-3-2-4-6-8,9(20)7-12(14,15)16)22-10(21)13(17,18)19/h2-7H,1H3/b9-7-. The molecule has 0 aliphatic rings. The predicted octanol–water partition coefficient (Wildman–Crippen LogP) is 4.89. The van der Waals surface area contributed by atoms with Crippen molar-refractivity contribution in [2.45, 2.75) is 24.9 Å². The van der Waals surface area contributed by atoms with Gasteiger partial charge in [0.25, 0.3) is 0 Å². The van der Waals surface area contributed by atoms with E-state index < -0.39 is 27.5 Å². The molecule has 2 nitrogen and oxygen atoms in total. The molecule has 0 fully saturated rings. The Bertz CT molecular complexity index is 564. The van der Waals surface area contributed by atoms with Crippen molar-refractivity contribution in [2.75, 3.05) is 0 Å². The van der Waals surface area contributed by atoms with Crippen LogP contribution in [-0.2, 0) is 15.1 Å². The van der Waals surface area contributed by atoms with E-state index in [0.29, 0.717) is 0 Å². The van der Waals surface area contributed by atoms with Gasteiger partial charge in [-0.2, -0.15) is 26.3 Å². The molecule has 122 valence electrons. The van der Waals surface area contributed by atoms with Crippen LogP contribution in [0.2, 0.25) is 0 Å². The Kier molecular flexibility index (Phi) is 5.52. The van der Waals surface area contributed by atoms with E-state index in [-0.39, 0.29) is 11.6 Å². The second-order valence-corrected chi connectivity index (χ2v) is 5.48. The number of carbonyl (C=O) groups is 1. The van der Waals surface area contributed by atoms with Crippen molar-refractivity contribution in [1.82, 2.24) is 0 Å². The van der Waals surface area contributed by atoms with Crippen LogP contribution in [-0.4, -0.2) is 18.3 Å². The Morgan fingerprint density at radius 1 is 1.09 bits per heavy atom. The fourth-order valence-electron chi connectivity index (χ4n) is 1.53. The summed E-state index contributed by atoms with van der Waals surface area (Å²) in [5, 5.41) is 0. The first-order valence-electron chi connectivity index (χ1n) is 5.67. The largest absolute Gasteiger partial charge is 0.490 e. The Balaban J connectivity index is 3.34. The van der Waals surface area contributed by atoms with E-state index in [0.717, 1.165) is 6.92 Å². The van der Waals surface area contributed by atoms with Gasteiger partial charge in [-0.3, -0.25) is 0 Å². The van der Waals surface area contributed by atoms with E-state index in [1.54, 1.807) is 0 Å². The van der Waals surface area contributed by atoms with Crippen molar-refractivity contribution in [2.24, 2.45) is 0 Å². The lowest BCUT2D eigenvalue weighted by Crippen LogP contribution is -2.36. The molecule has 0 aliphatic carbocycles. The van der Waals surface area contributed by atoms with Crippen molar-refractivity contribution in [3.63, 3.8) is 0 Å². The first kappa shape index (κ1) is 18.8. The Morgan fingerprint density at radius 3 is 2.00 bits per heavy atom. The van der Waals surface area contributed by atoms with Gasteiger partial charge < -0.3 is 4.74 Å². The van der Waals surface area contributed by atoms with Crippen LogP contribution in [0.25, 0.3) is 0 Å². The first-order chi connectivity index (χ1) is 9.86. The third-order valence-corrected chi connectivity index (χ3v) is 3.94. The van der Waals surface area contributed by atoms with E-state index in [9.17, 15) is 31.1 Å². The molecule has 0 saturated carbocycles. The molecule has 9 heteroatoms. The van der Waals surface area contributed by atoms with Crippen molar-refractivity contribution in [3.05, 3.63) is 45.6 Å². The van der Waals surface area contributed by atoms with Crippen LogP contribution in [0.15, 0.2) is 40.0 Å². The van der Waals surface area contributed by atoms with Gasteiger partial charge in [0.15, 0.2) is 5.60 Å². The van der Waals surface area contributed by atoms with Crippen LogP contribution >= 0.6 is 22.6 Å². The average Bonchev–Trinajstić information content (AvgIpc) is 2.36. The van der Waals surface area contributed by atoms with Gasteiger partial charge in [0.05, 0.1) is 0 Å². The molecule has 0 saturated heterocycles. The minimum Gasteiger partial charge on any atom is -0.442 e. The highest BCUT2D eigenvalue weighted by Crippen LogP contribution is 2.40. The second-order valence-electron chi connectivity index (χ2n) is 4.32. The van der Waals surface area contributed by atoms with Crippen LogP contribution < -0.4 is 0 Å². The van der Waals surface area contributed by atoms with Crippen LogP contribution in [0.5, 0.6) is 0 Å². The molecule has 1 atom stereocenters. The van der Waals surface area contributed by atoms with Crippen molar-refractivity contribution < 1.29 is 35.9 Å². The lowest BCUT2D eigenvalue weighted by Gasteiger charge is -2.30. The van der Waals surface area contributed by atoms with Crippen LogP contribution in [0.3, 0.4) is 0 Å². The molecule has 0 aliphatic heterocycles. The Labute approximate surface area is 135 Å². The van der Waals surface area contributed by atoms with Crippen LogP contribution in [0.4, 0.5) is 26.3 Å². The van der Waals surface area contributed by atoms with Gasteiger partial charge in [0.2, 0.25) is 0 Å². The van der Waals surface area contributed by atoms with Gasteiger partial charge >= 0.3 is 18.3 Å². The smallest absolute Gasteiger partial charge is 0.442 e. The fourth-order valence-corrected chi connectivity index (χ4v) is 2.30. The van der Waals surface area contributed by atoms with Gasteiger partial charge in [0, 0.05) is 15.2 Å². The van der Waals surface area contributed by atoms with Gasteiger partial charge in [-0.1, -0.05) is 30.3 Å². The summed E-state index contributed by atoms with van der Waals surface area (Å²) < 4.78 is 78.3. The lowest BCUT2D eigenvalue weighted by atomic mass is 9.95. The van der Waals surface area contributed by atoms with E-state index in [2.05, 4.69) is 4.74 Å². The Hall–Kier alpha value is -1.26. The molecule has 0 radical (unpaired) electrons. The average molecular weight is 438 g/mol. The molecule has 1 rings (SSSR count). The number of rotatable bonds is 3. The maximum absolute atomic E-state index is 12.5. The Morgan fingerprint density at radius 2 is 1.59 bits per heavy atom. The molecule has 0 spiro atoms. The molecule has 0 bridgehead atoms. The van der Waals surface area contributed by atoms with Gasteiger partial charge in [-0.05, 0) is 29.5 Å². The quantitative estimate of drug-likeness (QED) is 0.382. The van der Waals surface area contributed by atoms with Crippen molar-refractivity contribution >= 4 is 28.6 Å². The molecule has 22 heavy (non-hydrogen) atoms. The summed E-state index contributed by atoms with van der Waals surface area (Å²) in [6.45, 7) is 0.968. The predicted molar refractivity (Wildman–Crippen MR) is 74.1 cm³/mol. The second kappa shape index (κ2) is 6.47. The summed E-state index contributed by atoms with van der Waals surface area (Å²) >= 11 is 1.21. The van der Waals surface area contributed by atoms with Crippen molar-refractivity contribution in [1.29, 1.82) is 0 Å². The van der Waals surface area contributed by atoms with E-state index in [1.165, 1.54) is 52.9 Å². The number of alkyl halides is 6. The van der Waals surface area contributed by atoms with Gasteiger partial charge in [-0.15, -0.1) is 0 Å². The molecule has 0 N–H and O–H groups in total. The number of hydrogen-bond donors (Lipinski definition) is 0. The summed E-state index contributed by atoms with van der Waals surface area (Å²) in [4.78, 5) is 11.1. The first-order valence-corrected chi connectivity index (χ1v) is 6.75. The van der Waals surface area contributed by atoms with E-state index in [4.69, 9.17) is 0 Å². The van der Waals surface area contributed by atoms with Crippen LogP contribution in [0.1, 0.15) is 12.5 Å². The normalized spacial score (nSPS) is 16.1. The highest BCUT2D eigenvalue weighted by atomic mass is 127. The molecular weight excluding hydrogens is 429 g/mol. The zero-order chi connectivity index (χ0) is 17.2. The van der Waals surface area contributed by atoms with Gasteiger partial charge in [0.1, 0.15) is 0 Å². The molecule has 0 amide bonds. The summed E-state index contributed by atoms with van der Waals surface area (Å²) in [7, 11) is 0. The van der Waals surface area contributed by atoms with E-state index >= 15 is 0 Å². The minimum atomic E-state index is -5.31. The monoisotopic (exact) mass is 438 g/mol. The summed E-state index contributed by atoms with van der Waals surface area (Å²) in [5.41, 5.74) is -2.22. The van der Waals surface area contributed by atoms with E-state index in [1.807, 2.05) is 0 Å². The third-order valence-electron chi connectivity index (χ3n) is 2.60. The number of carbonyl (C=O) groups excluding carboxylic acids is 1. The van der Waals surface area contributed by atoms with Crippen molar-refractivity contribution in [3.8, 4) is 0 Å². The van der Waals surface area contributed by atoms with Gasteiger partial charge in [-0.25, -0.2) is 4.79 Å².